The Morgan fingerprint density at radius 3 is 1.69 bits per heavy atom. The Morgan fingerprint density at radius 2 is 1.27 bits per heavy atom. The van der Waals surface area contributed by atoms with Crippen LogP contribution in [0.4, 0.5) is 0 Å². The number of hydrogen-bond donors (Lipinski definition) is 0. The van der Waals surface area contributed by atoms with Crippen LogP contribution in [-0.2, 0) is 17.4 Å². The molecule has 0 radical (unpaired) electrons. The van der Waals surface area contributed by atoms with Crippen LogP contribution in [0.5, 0.6) is 0 Å². The van der Waals surface area contributed by atoms with Crippen molar-refractivity contribution >= 4 is 31.4 Å². The molecule has 0 saturated heterocycles. The molecule has 2 unspecified atom stereocenters. The van der Waals surface area contributed by atoms with Gasteiger partial charge >= 0.3 is 155 Å². The van der Waals surface area contributed by atoms with Gasteiger partial charge in [0.15, 0.2) is 0 Å². The first kappa shape index (κ1) is 20.1. The fourth-order valence-corrected chi connectivity index (χ4v) is 29.0. The summed E-state index contributed by atoms with van der Waals surface area (Å²) in [5.74, 6) is 0. The second kappa shape index (κ2) is 7.38. The Labute approximate surface area is 166 Å². The SMILES string of the molecule is CC[CH2][Zr](=[SiH2])([CH2]C)([CH]1C=Cc2ccccc21)[CH]1C=Cc2ccccc21.Cl. The van der Waals surface area contributed by atoms with Crippen molar-refractivity contribution < 1.29 is 17.4 Å². The Kier molecular flexibility index (Phi) is 5.69. The maximum atomic E-state index is 2.58. The van der Waals surface area contributed by atoms with Gasteiger partial charge in [-0.1, -0.05) is 0 Å². The first-order valence-corrected chi connectivity index (χ1v) is 21.9. The van der Waals surface area contributed by atoms with Crippen LogP contribution >= 0.6 is 12.4 Å². The minimum Gasteiger partial charge on any atom is -0.147 e. The number of halogens is 1. The zero-order valence-corrected chi connectivity index (χ0v) is 20.5. The van der Waals surface area contributed by atoms with E-state index in [0.717, 1.165) is 0 Å². The zero-order valence-electron chi connectivity index (χ0n) is 15.8. The minimum absolute atomic E-state index is 0. The molecule has 0 spiro atoms. The van der Waals surface area contributed by atoms with Crippen molar-refractivity contribution in [3.63, 3.8) is 0 Å². The monoisotopic (exact) mass is 458 g/mol. The van der Waals surface area contributed by atoms with Gasteiger partial charge in [-0.3, -0.25) is 0 Å². The first-order valence-electron chi connectivity index (χ1n) is 9.69. The molecule has 0 amide bonds. The molecule has 2 atom stereocenters. The van der Waals surface area contributed by atoms with E-state index in [4.69, 9.17) is 0 Å². The van der Waals surface area contributed by atoms with Crippen LogP contribution in [-0.4, -0.2) is 6.88 Å². The molecule has 0 N–H and O–H groups in total. The summed E-state index contributed by atoms with van der Waals surface area (Å²) in [5.41, 5.74) is 6.13. The number of rotatable bonds is 5. The van der Waals surface area contributed by atoms with E-state index in [1.807, 2.05) is 0 Å². The molecule has 26 heavy (non-hydrogen) atoms. The third-order valence-electron chi connectivity index (χ3n) is 7.08. The van der Waals surface area contributed by atoms with Crippen molar-refractivity contribution in [2.24, 2.45) is 0 Å². The van der Waals surface area contributed by atoms with Gasteiger partial charge in [0, 0.05) is 0 Å². The molecule has 136 valence electrons. The minimum atomic E-state index is -3.19. The van der Waals surface area contributed by atoms with Crippen LogP contribution in [0.3, 0.4) is 0 Å². The van der Waals surface area contributed by atoms with Crippen molar-refractivity contribution in [2.45, 2.75) is 35.8 Å². The summed E-state index contributed by atoms with van der Waals surface area (Å²) >= 11 is -3.19. The van der Waals surface area contributed by atoms with Crippen LogP contribution in [0.2, 0.25) is 8.26 Å². The molecule has 0 aromatic heterocycles. The summed E-state index contributed by atoms with van der Waals surface area (Å²) < 4.78 is 4.20. The molecule has 4 rings (SSSR count). The smallest absolute Gasteiger partial charge is 0.147 e. The van der Waals surface area contributed by atoms with E-state index in [9.17, 15) is 0 Å². The van der Waals surface area contributed by atoms with Crippen molar-refractivity contribution in [3.05, 3.63) is 82.9 Å². The van der Waals surface area contributed by atoms with E-state index in [0.29, 0.717) is 7.25 Å². The van der Waals surface area contributed by atoms with Crippen molar-refractivity contribution in [2.75, 3.05) is 0 Å². The van der Waals surface area contributed by atoms with Gasteiger partial charge in [-0.15, -0.1) is 12.4 Å². The normalized spacial score (nSPS) is 20.6. The molecule has 0 heterocycles. The predicted molar refractivity (Wildman–Crippen MR) is 118 cm³/mol. The summed E-state index contributed by atoms with van der Waals surface area (Å²) in [6.45, 7) is 7.39. The predicted octanol–water partition coefficient (Wildman–Crippen LogP) is 6.45. The summed E-state index contributed by atoms with van der Waals surface area (Å²) in [7, 11) is 0. The van der Waals surface area contributed by atoms with E-state index < -0.39 is 17.4 Å². The summed E-state index contributed by atoms with van der Waals surface area (Å²) in [6, 6.07) is 18.2. The molecule has 2 aromatic rings. The van der Waals surface area contributed by atoms with E-state index in [2.05, 4.69) is 93.6 Å². The maximum Gasteiger partial charge on any atom is -0.147 e. The van der Waals surface area contributed by atoms with Gasteiger partial charge in [0.25, 0.3) is 0 Å². The molecule has 0 saturated carbocycles. The van der Waals surface area contributed by atoms with Crippen LogP contribution < -0.4 is 0 Å². The molecule has 2 aromatic carbocycles. The number of hydrogen-bond acceptors (Lipinski definition) is 0. The molecular weight excluding hydrogens is 431 g/mol. The van der Waals surface area contributed by atoms with E-state index in [1.54, 1.807) is 11.1 Å². The van der Waals surface area contributed by atoms with Gasteiger partial charge in [0.1, 0.15) is 0 Å². The van der Waals surface area contributed by atoms with Crippen LogP contribution in [0.15, 0.2) is 60.7 Å². The second-order valence-corrected chi connectivity index (χ2v) is 35.5. The Balaban J connectivity index is 0.00000196. The molecule has 2 aliphatic rings. The second-order valence-electron chi connectivity index (χ2n) is 8.18. The van der Waals surface area contributed by atoms with E-state index >= 15 is 0 Å². The summed E-state index contributed by atoms with van der Waals surface area (Å²) in [4.78, 5) is 0. The van der Waals surface area contributed by atoms with Gasteiger partial charge in [0.2, 0.25) is 0 Å². The standard InChI is InChI=1S/2C9H7.C3H7.C2H5.ClH.H2Si.Zr/c2*1-2-5-9-7-3-6-8(9)4-1;1-3-2;1-2;;;/h2*1-7H;1,3H2,2H3;1H2,2H3;1H;1H2;. The van der Waals surface area contributed by atoms with Crippen LogP contribution in [0.1, 0.15) is 49.8 Å². The van der Waals surface area contributed by atoms with Gasteiger partial charge in [-0.2, -0.15) is 0 Å². The van der Waals surface area contributed by atoms with Crippen LogP contribution in [0.25, 0.3) is 12.2 Å². The van der Waals surface area contributed by atoms with E-state index in [1.165, 1.54) is 25.8 Å². The third kappa shape index (κ3) is 2.81. The fraction of sp³-hybridized carbons (Fsp3) is 0.304. The van der Waals surface area contributed by atoms with Gasteiger partial charge in [-0.05, 0) is 0 Å². The number of benzene rings is 2. The maximum absolute atomic E-state index is 3.19. The summed E-state index contributed by atoms with van der Waals surface area (Å²) in [5, 5.41) is 0. The zero-order chi connectivity index (χ0) is 17.5. The molecule has 0 fully saturated rings. The average Bonchev–Trinajstić information content (AvgIpc) is 3.27. The number of fused-ring (bicyclic) bond motifs is 2. The van der Waals surface area contributed by atoms with Crippen molar-refractivity contribution in [3.8, 4) is 0 Å². The third-order valence-corrected chi connectivity index (χ3v) is 36.9. The quantitative estimate of drug-likeness (QED) is 0.450. The van der Waals surface area contributed by atoms with Crippen molar-refractivity contribution in [1.29, 1.82) is 0 Å². The van der Waals surface area contributed by atoms with Crippen LogP contribution in [0, 0.1) is 0 Å². The molecule has 0 nitrogen and oxygen atoms in total. The van der Waals surface area contributed by atoms with Gasteiger partial charge in [-0.25, -0.2) is 0 Å². The summed E-state index contributed by atoms with van der Waals surface area (Å²) in [6.07, 6.45) is 11.3. The topological polar surface area (TPSA) is 0 Å². The average molecular weight is 460 g/mol. The molecule has 0 aliphatic heterocycles. The van der Waals surface area contributed by atoms with Gasteiger partial charge in [0.05, 0.1) is 0 Å². The Morgan fingerprint density at radius 1 is 0.808 bits per heavy atom. The van der Waals surface area contributed by atoms with Gasteiger partial charge < -0.3 is 0 Å². The van der Waals surface area contributed by atoms with E-state index in [-0.39, 0.29) is 12.4 Å². The Hall–Kier alpha value is -0.690. The molecular formula is C23H29ClSiZr. The number of allylic oxidation sites excluding steroid dienone is 2. The fourth-order valence-electron chi connectivity index (χ4n) is 5.62. The first-order chi connectivity index (χ1) is 12.1. The van der Waals surface area contributed by atoms with Crippen molar-refractivity contribution in [1.82, 2.24) is 0 Å². The Bertz CT molecular complexity index is 875. The molecule has 2 aliphatic carbocycles. The largest absolute Gasteiger partial charge is 0.147 e. The molecule has 3 heteroatoms. The molecule has 0 bridgehead atoms.